The lowest BCUT2D eigenvalue weighted by Gasteiger charge is -2.10. The van der Waals surface area contributed by atoms with Crippen LogP contribution in [0, 0.1) is 0 Å². The highest BCUT2D eigenvalue weighted by molar-refractivity contribution is 5.84. The van der Waals surface area contributed by atoms with Gasteiger partial charge in [-0.15, -0.1) is 10.2 Å². The third-order valence-corrected chi connectivity index (χ3v) is 3.92. The molecule has 0 spiro atoms. The Bertz CT molecular complexity index is 678. The van der Waals surface area contributed by atoms with Gasteiger partial charge in [0.25, 0.3) is 0 Å². The molecule has 1 aliphatic carbocycles. The third kappa shape index (κ3) is 2.59. The van der Waals surface area contributed by atoms with Crippen molar-refractivity contribution in [2.24, 2.45) is 0 Å². The van der Waals surface area contributed by atoms with Crippen LogP contribution in [0.4, 0.5) is 0 Å². The van der Waals surface area contributed by atoms with Gasteiger partial charge in [0.1, 0.15) is 5.82 Å². The normalized spacial score (nSPS) is 14.7. The monoisotopic (exact) mass is 283 g/mol. The fraction of sp³-hybridized carbons (Fsp3) is 0.312. The molecule has 5 nitrogen and oxygen atoms in total. The number of benzene rings is 1. The summed E-state index contributed by atoms with van der Waals surface area (Å²) in [6, 6.07) is 8.44. The second kappa shape index (κ2) is 5.52. The van der Waals surface area contributed by atoms with Crippen molar-refractivity contribution in [3.63, 3.8) is 0 Å². The highest BCUT2D eigenvalue weighted by Crippen LogP contribution is 2.33. The predicted octanol–water partition coefficient (Wildman–Crippen LogP) is 2.28. The highest BCUT2D eigenvalue weighted by Gasteiger charge is 2.27. The van der Waals surface area contributed by atoms with Crippen LogP contribution in [0.3, 0.4) is 0 Å². The Kier molecular flexibility index (Phi) is 3.56. The molecule has 1 N–H and O–H groups in total. The number of carboxylic acid groups (broad SMARTS) is 1. The first-order valence-electron chi connectivity index (χ1n) is 7.10. The molecule has 0 radical (unpaired) electrons. The van der Waals surface area contributed by atoms with Crippen LogP contribution < -0.4 is 0 Å². The van der Waals surface area contributed by atoms with Crippen LogP contribution in [-0.4, -0.2) is 25.8 Å². The largest absolute Gasteiger partial charge is 0.478 e. The fourth-order valence-electron chi connectivity index (χ4n) is 2.96. The summed E-state index contributed by atoms with van der Waals surface area (Å²) in [6.07, 6.45) is 4.54. The van der Waals surface area contributed by atoms with Gasteiger partial charge in [0.05, 0.1) is 0 Å². The van der Waals surface area contributed by atoms with E-state index < -0.39 is 5.97 Å². The van der Waals surface area contributed by atoms with Crippen molar-refractivity contribution >= 4 is 12.0 Å². The second-order valence-electron chi connectivity index (χ2n) is 5.21. The first kappa shape index (κ1) is 13.5. The van der Waals surface area contributed by atoms with Crippen molar-refractivity contribution in [2.75, 3.05) is 0 Å². The van der Waals surface area contributed by atoms with Gasteiger partial charge in [-0.25, -0.2) is 4.79 Å². The van der Waals surface area contributed by atoms with E-state index >= 15 is 0 Å². The van der Waals surface area contributed by atoms with Crippen LogP contribution >= 0.6 is 0 Å². The lowest BCUT2D eigenvalue weighted by atomic mass is 10.1. The van der Waals surface area contributed by atoms with Crippen LogP contribution in [0.2, 0.25) is 0 Å². The molecule has 0 atom stereocenters. The van der Waals surface area contributed by atoms with Gasteiger partial charge in [-0.2, -0.15) is 0 Å². The third-order valence-electron chi connectivity index (χ3n) is 3.92. The summed E-state index contributed by atoms with van der Waals surface area (Å²) in [7, 11) is 0. The number of aliphatic carboxylic acids is 1. The average Bonchev–Trinajstić information content (AvgIpc) is 3.07. The first-order chi connectivity index (χ1) is 10.2. The van der Waals surface area contributed by atoms with Crippen LogP contribution in [0.15, 0.2) is 30.3 Å². The molecule has 21 heavy (non-hydrogen) atoms. The average molecular weight is 283 g/mol. The predicted molar refractivity (Wildman–Crippen MR) is 79.0 cm³/mol. The van der Waals surface area contributed by atoms with E-state index in [1.807, 2.05) is 11.5 Å². The van der Waals surface area contributed by atoms with Crippen molar-refractivity contribution in [3.8, 4) is 0 Å². The van der Waals surface area contributed by atoms with Gasteiger partial charge in [0.15, 0.2) is 5.82 Å². The first-order valence-corrected chi connectivity index (χ1v) is 7.10. The highest BCUT2D eigenvalue weighted by atomic mass is 16.4. The number of nitrogens with zero attached hydrogens (tertiary/aromatic N) is 3. The maximum absolute atomic E-state index is 10.6. The van der Waals surface area contributed by atoms with Crippen molar-refractivity contribution in [1.82, 2.24) is 14.8 Å². The van der Waals surface area contributed by atoms with Gasteiger partial charge in [0, 0.05) is 18.5 Å². The molecule has 1 aromatic carbocycles. The molecule has 3 rings (SSSR count). The smallest absolute Gasteiger partial charge is 0.328 e. The topological polar surface area (TPSA) is 68.0 Å². The molecule has 0 fully saturated rings. The molecule has 108 valence electrons. The zero-order chi connectivity index (χ0) is 14.8. The molecule has 1 aromatic heterocycles. The maximum Gasteiger partial charge on any atom is 0.328 e. The molecule has 1 aliphatic rings. The van der Waals surface area contributed by atoms with E-state index in [0.717, 1.165) is 31.3 Å². The molecule has 5 heteroatoms. The summed E-state index contributed by atoms with van der Waals surface area (Å²) in [5.74, 6) is 0.891. The minimum absolute atomic E-state index is 0.321. The van der Waals surface area contributed by atoms with Gasteiger partial charge < -0.3 is 9.67 Å². The summed E-state index contributed by atoms with van der Waals surface area (Å²) < 4.78 is 2.00. The number of rotatable bonds is 4. The minimum Gasteiger partial charge on any atom is -0.478 e. The van der Waals surface area contributed by atoms with E-state index in [1.165, 1.54) is 17.2 Å². The SMILES string of the molecule is CCn1c(/C=C/C(=O)O)nnc1C1Cc2ccccc2C1. The van der Waals surface area contributed by atoms with Crippen LogP contribution in [0.1, 0.15) is 35.6 Å². The Labute approximate surface area is 122 Å². The number of hydrogen-bond acceptors (Lipinski definition) is 3. The van der Waals surface area contributed by atoms with Gasteiger partial charge in [0.2, 0.25) is 0 Å². The summed E-state index contributed by atoms with van der Waals surface area (Å²) in [6.45, 7) is 2.75. The van der Waals surface area contributed by atoms with E-state index in [9.17, 15) is 4.79 Å². The summed E-state index contributed by atoms with van der Waals surface area (Å²) >= 11 is 0. The molecule has 1 heterocycles. The molecule has 0 saturated carbocycles. The standard InChI is InChI=1S/C16H17N3O2/c1-2-19-14(7-8-15(20)21)17-18-16(19)13-9-11-5-3-4-6-12(11)10-13/h3-8,13H,2,9-10H2,1H3,(H,20,21)/b8-7+. The Morgan fingerprint density at radius 2 is 2.00 bits per heavy atom. The van der Waals surface area contributed by atoms with Crippen molar-refractivity contribution in [3.05, 3.63) is 53.1 Å². The number of carbonyl (C=O) groups is 1. The summed E-state index contributed by atoms with van der Waals surface area (Å²) in [5, 5.41) is 17.2. The van der Waals surface area contributed by atoms with E-state index in [-0.39, 0.29) is 0 Å². The van der Waals surface area contributed by atoms with Crippen LogP contribution in [0.25, 0.3) is 6.08 Å². The molecule has 2 aromatic rings. The summed E-state index contributed by atoms with van der Waals surface area (Å²) in [4.78, 5) is 10.6. The maximum atomic E-state index is 10.6. The Morgan fingerprint density at radius 1 is 1.33 bits per heavy atom. The van der Waals surface area contributed by atoms with Crippen molar-refractivity contribution < 1.29 is 9.90 Å². The second-order valence-corrected chi connectivity index (χ2v) is 5.21. The van der Waals surface area contributed by atoms with E-state index in [4.69, 9.17) is 5.11 Å². The molecule has 0 amide bonds. The molecule has 0 bridgehead atoms. The van der Waals surface area contributed by atoms with E-state index in [1.54, 1.807) is 0 Å². The number of fused-ring (bicyclic) bond motifs is 1. The molecular weight excluding hydrogens is 266 g/mol. The van der Waals surface area contributed by atoms with Gasteiger partial charge in [-0.1, -0.05) is 24.3 Å². The molecule has 0 aliphatic heterocycles. The molecular formula is C16H17N3O2. The van der Waals surface area contributed by atoms with Gasteiger partial charge in [-0.3, -0.25) is 0 Å². The molecule has 0 unspecified atom stereocenters. The number of carboxylic acids is 1. The van der Waals surface area contributed by atoms with E-state index in [0.29, 0.717) is 11.7 Å². The van der Waals surface area contributed by atoms with Crippen molar-refractivity contribution in [1.29, 1.82) is 0 Å². The van der Waals surface area contributed by atoms with Crippen LogP contribution in [0.5, 0.6) is 0 Å². The zero-order valence-electron chi connectivity index (χ0n) is 11.9. The minimum atomic E-state index is -0.976. The zero-order valence-corrected chi connectivity index (χ0v) is 11.9. The quantitative estimate of drug-likeness (QED) is 0.874. The van der Waals surface area contributed by atoms with Crippen LogP contribution in [-0.2, 0) is 24.2 Å². The fourth-order valence-corrected chi connectivity index (χ4v) is 2.96. The van der Waals surface area contributed by atoms with Gasteiger partial charge in [-0.05, 0) is 37.0 Å². The lowest BCUT2D eigenvalue weighted by Crippen LogP contribution is -2.10. The molecule has 0 saturated heterocycles. The number of hydrogen-bond donors (Lipinski definition) is 1. The van der Waals surface area contributed by atoms with Crippen molar-refractivity contribution in [2.45, 2.75) is 32.2 Å². The Hall–Kier alpha value is -2.43. The number of aromatic nitrogens is 3. The van der Waals surface area contributed by atoms with E-state index in [2.05, 4.69) is 34.5 Å². The van der Waals surface area contributed by atoms with Gasteiger partial charge >= 0.3 is 5.97 Å². The summed E-state index contributed by atoms with van der Waals surface area (Å²) in [5.41, 5.74) is 2.74. The lowest BCUT2D eigenvalue weighted by molar-refractivity contribution is -0.131. The Morgan fingerprint density at radius 3 is 2.57 bits per heavy atom. The Balaban J connectivity index is 1.89.